The summed E-state index contributed by atoms with van der Waals surface area (Å²) in [7, 11) is 1.65. The van der Waals surface area contributed by atoms with Crippen LogP contribution in [-0.2, 0) is 0 Å². The van der Waals surface area contributed by atoms with Crippen molar-refractivity contribution in [3.8, 4) is 39.7 Å². The Labute approximate surface area is 192 Å². The molecule has 0 aliphatic rings. The lowest BCUT2D eigenvalue weighted by molar-refractivity contribution is 0.103. The van der Waals surface area contributed by atoms with Crippen LogP contribution in [0.25, 0.3) is 33.9 Å². The number of ketones is 1. The number of H-pyrrole nitrogens is 1. The van der Waals surface area contributed by atoms with Gasteiger partial charge in [0.25, 0.3) is 0 Å². The highest BCUT2D eigenvalue weighted by atomic mass is 16.5. The summed E-state index contributed by atoms with van der Waals surface area (Å²) < 4.78 is 5.28. The molecule has 0 aliphatic heterocycles. The summed E-state index contributed by atoms with van der Waals surface area (Å²) in [5, 5.41) is 0. The average molecular weight is 431 g/mol. The molecule has 0 bridgehead atoms. The maximum atomic E-state index is 13.0. The SMILES string of the molecule is COc1ccc(-c2nc(-c3cccc(C(=O)c4ccccc4)c3)c(-c3ccccc3)[nH]2)cc1. The Bertz CT molecular complexity index is 1390. The van der Waals surface area contributed by atoms with Gasteiger partial charge in [0.15, 0.2) is 5.78 Å². The summed E-state index contributed by atoms with van der Waals surface area (Å²) in [4.78, 5) is 21.5. The lowest BCUT2D eigenvalue weighted by Crippen LogP contribution is -2.01. The number of hydrogen-bond acceptors (Lipinski definition) is 3. The molecule has 5 rings (SSSR count). The predicted molar refractivity (Wildman–Crippen MR) is 131 cm³/mol. The number of nitrogens with zero attached hydrogens (tertiary/aromatic N) is 1. The fraction of sp³-hybridized carbons (Fsp3) is 0.0345. The third-order valence-corrected chi connectivity index (χ3v) is 5.56. The molecule has 0 fully saturated rings. The Morgan fingerprint density at radius 1 is 0.697 bits per heavy atom. The van der Waals surface area contributed by atoms with Crippen LogP contribution in [0.5, 0.6) is 5.75 Å². The van der Waals surface area contributed by atoms with E-state index in [0.29, 0.717) is 11.1 Å². The topological polar surface area (TPSA) is 55.0 Å². The molecule has 4 heteroatoms. The molecule has 0 radical (unpaired) electrons. The lowest BCUT2D eigenvalue weighted by atomic mass is 9.99. The summed E-state index contributed by atoms with van der Waals surface area (Å²) in [6.07, 6.45) is 0. The van der Waals surface area contributed by atoms with Gasteiger partial charge < -0.3 is 9.72 Å². The maximum absolute atomic E-state index is 13.0. The number of carbonyl (C=O) groups excluding carboxylic acids is 1. The standard InChI is InChI=1S/C29H22N2O2/c1-33-25-17-15-22(16-18-25)29-30-26(20-9-4-2-5-10-20)27(31-29)23-13-8-14-24(19-23)28(32)21-11-6-3-7-12-21/h2-19H,1H3,(H,30,31). The molecule has 160 valence electrons. The minimum absolute atomic E-state index is 0.00961. The molecule has 4 nitrogen and oxygen atoms in total. The lowest BCUT2D eigenvalue weighted by Gasteiger charge is -2.06. The van der Waals surface area contributed by atoms with E-state index in [1.165, 1.54) is 0 Å². The number of aromatic nitrogens is 2. The number of benzene rings is 4. The Hall–Kier alpha value is -4.44. The third kappa shape index (κ3) is 4.19. The Balaban J connectivity index is 1.61. The normalized spacial score (nSPS) is 10.7. The summed E-state index contributed by atoms with van der Waals surface area (Å²) in [5.74, 6) is 1.54. The number of carbonyl (C=O) groups is 1. The zero-order valence-electron chi connectivity index (χ0n) is 18.2. The van der Waals surface area contributed by atoms with Crippen molar-refractivity contribution < 1.29 is 9.53 Å². The van der Waals surface area contributed by atoms with Gasteiger partial charge in [-0.2, -0.15) is 0 Å². The molecule has 0 saturated carbocycles. The Kier molecular flexibility index (Phi) is 5.56. The van der Waals surface area contributed by atoms with Gasteiger partial charge in [-0.05, 0) is 30.3 Å². The number of aromatic amines is 1. The Morgan fingerprint density at radius 2 is 1.33 bits per heavy atom. The monoisotopic (exact) mass is 430 g/mol. The molecule has 0 aliphatic carbocycles. The molecule has 0 saturated heterocycles. The first-order chi connectivity index (χ1) is 16.2. The maximum Gasteiger partial charge on any atom is 0.193 e. The first kappa shape index (κ1) is 20.5. The zero-order chi connectivity index (χ0) is 22.6. The summed E-state index contributed by atoms with van der Waals surface area (Å²) in [5.41, 5.74) is 5.87. The highest BCUT2D eigenvalue weighted by molar-refractivity contribution is 6.09. The largest absolute Gasteiger partial charge is 0.497 e. The second-order valence-corrected chi connectivity index (χ2v) is 7.68. The second kappa shape index (κ2) is 8.97. The number of imidazole rings is 1. The van der Waals surface area contributed by atoms with Crippen LogP contribution in [0.1, 0.15) is 15.9 Å². The molecule has 0 spiro atoms. The van der Waals surface area contributed by atoms with E-state index in [9.17, 15) is 4.79 Å². The first-order valence-electron chi connectivity index (χ1n) is 10.7. The van der Waals surface area contributed by atoms with Crippen molar-refractivity contribution in [2.75, 3.05) is 7.11 Å². The van der Waals surface area contributed by atoms with Gasteiger partial charge in [0.2, 0.25) is 0 Å². The molecule has 0 atom stereocenters. The second-order valence-electron chi connectivity index (χ2n) is 7.68. The molecule has 4 aromatic carbocycles. The van der Waals surface area contributed by atoms with E-state index in [-0.39, 0.29) is 5.78 Å². The van der Waals surface area contributed by atoms with Gasteiger partial charge in [0, 0.05) is 27.8 Å². The van der Waals surface area contributed by atoms with E-state index in [1.54, 1.807) is 7.11 Å². The number of nitrogens with one attached hydrogen (secondary N) is 1. The molecular weight excluding hydrogens is 408 g/mol. The quantitative estimate of drug-likeness (QED) is 0.307. The van der Waals surface area contributed by atoms with Gasteiger partial charge in [0.1, 0.15) is 11.6 Å². The van der Waals surface area contributed by atoms with Gasteiger partial charge in [-0.3, -0.25) is 4.79 Å². The first-order valence-corrected chi connectivity index (χ1v) is 10.7. The number of rotatable bonds is 6. The van der Waals surface area contributed by atoms with Crippen LogP contribution in [0.15, 0.2) is 109 Å². The number of hydrogen-bond donors (Lipinski definition) is 1. The molecule has 33 heavy (non-hydrogen) atoms. The Morgan fingerprint density at radius 3 is 2.03 bits per heavy atom. The van der Waals surface area contributed by atoms with Gasteiger partial charge in [-0.1, -0.05) is 78.9 Å². The van der Waals surface area contributed by atoms with Crippen molar-refractivity contribution in [1.82, 2.24) is 9.97 Å². The van der Waals surface area contributed by atoms with Crippen LogP contribution < -0.4 is 4.74 Å². The summed E-state index contributed by atoms with van der Waals surface area (Å²) in [6, 6.07) is 34.9. The minimum atomic E-state index is -0.00961. The van der Waals surface area contributed by atoms with Crippen LogP contribution in [0.2, 0.25) is 0 Å². The van der Waals surface area contributed by atoms with Gasteiger partial charge in [-0.15, -0.1) is 0 Å². The summed E-state index contributed by atoms with van der Waals surface area (Å²) >= 11 is 0. The van der Waals surface area contributed by atoms with Crippen LogP contribution in [0.4, 0.5) is 0 Å². The van der Waals surface area contributed by atoms with E-state index in [1.807, 2.05) is 109 Å². The fourth-order valence-corrected chi connectivity index (χ4v) is 3.85. The van der Waals surface area contributed by atoms with Crippen LogP contribution in [0, 0.1) is 0 Å². The van der Waals surface area contributed by atoms with Crippen molar-refractivity contribution in [2.24, 2.45) is 0 Å². The number of methoxy groups -OCH3 is 1. The third-order valence-electron chi connectivity index (χ3n) is 5.56. The smallest absolute Gasteiger partial charge is 0.193 e. The van der Waals surface area contributed by atoms with Crippen molar-refractivity contribution in [2.45, 2.75) is 0 Å². The number of ether oxygens (including phenoxy) is 1. The molecule has 1 aromatic heterocycles. The predicted octanol–water partition coefficient (Wildman–Crippen LogP) is 6.65. The average Bonchev–Trinajstić information content (AvgIpc) is 3.35. The van der Waals surface area contributed by atoms with E-state index in [2.05, 4.69) is 4.98 Å². The molecule has 0 unspecified atom stereocenters. The molecular formula is C29H22N2O2. The zero-order valence-corrected chi connectivity index (χ0v) is 18.2. The van der Waals surface area contributed by atoms with Gasteiger partial charge in [-0.25, -0.2) is 4.98 Å². The van der Waals surface area contributed by atoms with Gasteiger partial charge >= 0.3 is 0 Å². The van der Waals surface area contributed by atoms with E-state index < -0.39 is 0 Å². The minimum Gasteiger partial charge on any atom is -0.497 e. The molecule has 5 aromatic rings. The van der Waals surface area contributed by atoms with Crippen LogP contribution >= 0.6 is 0 Å². The van der Waals surface area contributed by atoms with Crippen molar-refractivity contribution in [3.05, 3.63) is 120 Å². The molecule has 1 heterocycles. The van der Waals surface area contributed by atoms with E-state index in [0.717, 1.165) is 39.7 Å². The highest BCUT2D eigenvalue weighted by Gasteiger charge is 2.17. The van der Waals surface area contributed by atoms with Crippen LogP contribution in [-0.4, -0.2) is 22.9 Å². The van der Waals surface area contributed by atoms with Gasteiger partial charge in [0.05, 0.1) is 18.5 Å². The molecule has 0 amide bonds. The molecule has 1 N–H and O–H groups in total. The van der Waals surface area contributed by atoms with E-state index >= 15 is 0 Å². The van der Waals surface area contributed by atoms with Crippen molar-refractivity contribution in [1.29, 1.82) is 0 Å². The summed E-state index contributed by atoms with van der Waals surface area (Å²) in [6.45, 7) is 0. The van der Waals surface area contributed by atoms with Crippen molar-refractivity contribution >= 4 is 5.78 Å². The highest BCUT2D eigenvalue weighted by Crippen LogP contribution is 2.34. The fourth-order valence-electron chi connectivity index (χ4n) is 3.85. The van der Waals surface area contributed by atoms with Crippen LogP contribution in [0.3, 0.4) is 0 Å². The van der Waals surface area contributed by atoms with Crippen molar-refractivity contribution in [3.63, 3.8) is 0 Å². The van der Waals surface area contributed by atoms with E-state index in [4.69, 9.17) is 9.72 Å².